The van der Waals surface area contributed by atoms with Crippen LogP contribution in [-0.2, 0) is 4.79 Å². The van der Waals surface area contributed by atoms with E-state index in [1.54, 1.807) is 65.8 Å². The monoisotopic (exact) mass is 523 g/mol. The highest BCUT2D eigenvalue weighted by Gasteiger charge is 2.43. The minimum atomic E-state index is -0.645. The van der Waals surface area contributed by atoms with Crippen molar-refractivity contribution in [3.63, 3.8) is 0 Å². The summed E-state index contributed by atoms with van der Waals surface area (Å²) in [5.74, 6) is -0.707. The van der Waals surface area contributed by atoms with Crippen LogP contribution in [0.2, 0.25) is 15.1 Å². The second-order valence-corrected chi connectivity index (χ2v) is 9.66. The molecule has 0 radical (unpaired) electrons. The summed E-state index contributed by atoms with van der Waals surface area (Å²) in [5, 5.41) is 22.1. The molecule has 0 amide bonds. The van der Waals surface area contributed by atoms with E-state index in [4.69, 9.17) is 34.8 Å². The second-order valence-electron chi connectivity index (χ2n) is 8.41. The van der Waals surface area contributed by atoms with Gasteiger partial charge in [-0.25, -0.2) is 0 Å². The largest absolute Gasteiger partial charge is 0.507 e. The van der Waals surface area contributed by atoms with E-state index < -0.39 is 5.92 Å². The molecule has 8 heteroatoms. The molecule has 35 heavy (non-hydrogen) atoms. The quantitative estimate of drug-likeness (QED) is 0.346. The molecule has 0 saturated carbocycles. The molecule has 1 aliphatic carbocycles. The van der Waals surface area contributed by atoms with E-state index in [1.165, 1.54) is 0 Å². The number of hydrogen-bond donors (Lipinski definition) is 2. The Morgan fingerprint density at radius 1 is 1.03 bits per heavy atom. The summed E-state index contributed by atoms with van der Waals surface area (Å²) < 4.78 is 0. The first kappa shape index (κ1) is 23.6. The molecule has 5 nitrogen and oxygen atoms in total. The lowest BCUT2D eigenvalue weighted by Gasteiger charge is -2.41. The number of pyridine rings is 1. The summed E-state index contributed by atoms with van der Waals surface area (Å²) in [4.78, 5) is 19.4. The van der Waals surface area contributed by atoms with Gasteiger partial charge in [-0.3, -0.25) is 20.1 Å². The molecule has 0 spiro atoms. The van der Waals surface area contributed by atoms with E-state index in [9.17, 15) is 15.3 Å². The average molecular weight is 525 g/mol. The number of nitrogens with zero attached hydrogens (tertiary/aromatic N) is 2. The lowest BCUT2D eigenvalue weighted by molar-refractivity contribution is -0.116. The van der Waals surface area contributed by atoms with Crippen LogP contribution in [-0.4, -0.2) is 21.7 Å². The zero-order valence-electron chi connectivity index (χ0n) is 18.4. The number of benzene rings is 2. The lowest BCUT2D eigenvalue weighted by Crippen LogP contribution is -2.42. The highest BCUT2D eigenvalue weighted by atomic mass is 35.5. The fourth-order valence-electron chi connectivity index (χ4n) is 4.74. The van der Waals surface area contributed by atoms with Gasteiger partial charge >= 0.3 is 0 Å². The van der Waals surface area contributed by atoms with Crippen molar-refractivity contribution in [2.45, 2.75) is 25.2 Å². The number of Topliss-reactive ketones (excluding diaryl/α,β-unsaturated/α-hetero) is 1. The molecule has 1 aliphatic heterocycles. The van der Waals surface area contributed by atoms with Gasteiger partial charge in [0.2, 0.25) is 0 Å². The number of nitrogens with one attached hydrogen (secondary N) is 1. The number of aliphatic hydroxyl groups is 1. The van der Waals surface area contributed by atoms with E-state index in [-0.39, 0.29) is 17.4 Å². The van der Waals surface area contributed by atoms with Crippen LogP contribution in [0.5, 0.6) is 0 Å². The zero-order chi connectivity index (χ0) is 24.7. The molecule has 2 aliphatic rings. The van der Waals surface area contributed by atoms with Crippen LogP contribution in [0, 0.1) is 5.41 Å². The maximum atomic E-state index is 13.4. The molecule has 2 aromatic carbocycles. The Morgan fingerprint density at radius 3 is 2.49 bits per heavy atom. The smallest absolute Gasteiger partial charge is 0.161 e. The summed E-state index contributed by atoms with van der Waals surface area (Å²) in [6.45, 7) is 0. The molecule has 1 atom stereocenters. The van der Waals surface area contributed by atoms with Gasteiger partial charge in [0.05, 0.1) is 10.0 Å². The molecule has 3 aromatic rings. The van der Waals surface area contributed by atoms with E-state index in [0.29, 0.717) is 56.7 Å². The Balaban J connectivity index is 1.82. The number of ketones is 1. The summed E-state index contributed by atoms with van der Waals surface area (Å²) >= 11 is 18.5. The van der Waals surface area contributed by atoms with Crippen LogP contribution in [0.4, 0.5) is 5.69 Å². The maximum absolute atomic E-state index is 13.4. The maximum Gasteiger partial charge on any atom is 0.161 e. The first-order valence-electron chi connectivity index (χ1n) is 11.1. The molecular formula is C27H20Cl3N3O2. The van der Waals surface area contributed by atoms with Gasteiger partial charge in [-0.2, -0.15) is 0 Å². The van der Waals surface area contributed by atoms with Crippen LogP contribution in [0.1, 0.15) is 36.3 Å². The van der Waals surface area contributed by atoms with Crippen molar-refractivity contribution in [2.24, 2.45) is 0 Å². The minimum absolute atomic E-state index is 0.0148. The van der Waals surface area contributed by atoms with Gasteiger partial charge in [-0.15, -0.1) is 0 Å². The van der Waals surface area contributed by atoms with Crippen LogP contribution >= 0.6 is 34.8 Å². The fourth-order valence-corrected chi connectivity index (χ4v) is 5.16. The predicted molar refractivity (Wildman–Crippen MR) is 141 cm³/mol. The Morgan fingerprint density at radius 2 is 1.80 bits per heavy atom. The van der Waals surface area contributed by atoms with Crippen molar-refractivity contribution in [3.8, 4) is 0 Å². The van der Waals surface area contributed by atoms with Crippen LogP contribution in [0.25, 0.3) is 5.76 Å². The molecule has 5 rings (SSSR count). The molecule has 0 saturated heterocycles. The molecular weight excluding hydrogens is 505 g/mol. The SMILES string of the molecule is N=C1/C(=C(/O)c2ccc(Cl)cc2)C(c2cccnc2)C2=C(CCCC2=O)N1c1ccc(Cl)c(Cl)c1. The summed E-state index contributed by atoms with van der Waals surface area (Å²) in [7, 11) is 0. The van der Waals surface area contributed by atoms with Crippen molar-refractivity contribution in [3.05, 3.63) is 110 Å². The average Bonchev–Trinajstić information content (AvgIpc) is 2.86. The minimum Gasteiger partial charge on any atom is -0.507 e. The Kier molecular flexibility index (Phi) is 6.41. The van der Waals surface area contributed by atoms with Gasteiger partial charge < -0.3 is 5.11 Å². The standard InChI is InChI=1S/C27H20Cl3N3O2/c28-17-8-6-15(7-9-17)26(35)25-23(16-3-2-12-32-14-16)24-21(4-1-5-22(24)34)33(27(25)31)18-10-11-19(29)20(30)13-18/h2-3,6-14,23,31,35H,1,4-5H2/b26-25+,31-27?. The third-order valence-electron chi connectivity index (χ3n) is 6.31. The van der Waals surface area contributed by atoms with E-state index in [2.05, 4.69) is 4.98 Å². The molecule has 2 N–H and O–H groups in total. The molecule has 0 fully saturated rings. The Labute approximate surface area is 217 Å². The molecule has 176 valence electrons. The van der Waals surface area contributed by atoms with E-state index >= 15 is 0 Å². The highest BCUT2D eigenvalue weighted by molar-refractivity contribution is 6.42. The topological polar surface area (TPSA) is 77.3 Å². The summed E-state index contributed by atoms with van der Waals surface area (Å²) in [5.41, 5.74) is 3.40. The van der Waals surface area contributed by atoms with Crippen molar-refractivity contribution in [1.29, 1.82) is 5.41 Å². The zero-order valence-corrected chi connectivity index (χ0v) is 20.7. The number of carbonyl (C=O) groups is 1. The number of halogens is 3. The number of aromatic nitrogens is 1. The van der Waals surface area contributed by atoms with Crippen molar-refractivity contribution in [1.82, 2.24) is 4.98 Å². The van der Waals surface area contributed by atoms with Crippen LogP contribution < -0.4 is 4.90 Å². The van der Waals surface area contributed by atoms with Gasteiger partial charge in [0.1, 0.15) is 11.6 Å². The van der Waals surface area contributed by atoms with Gasteiger partial charge in [0.25, 0.3) is 0 Å². The molecule has 2 heterocycles. The normalized spacial score (nSPS) is 19.6. The number of hydrogen-bond acceptors (Lipinski definition) is 4. The van der Waals surface area contributed by atoms with Crippen LogP contribution in [0.15, 0.2) is 83.8 Å². The Hall–Kier alpha value is -3.12. The first-order chi connectivity index (χ1) is 16.9. The number of anilines is 1. The van der Waals surface area contributed by atoms with Gasteiger partial charge in [-0.05, 0) is 66.9 Å². The van der Waals surface area contributed by atoms with Gasteiger partial charge in [-0.1, -0.05) is 40.9 Å². The van der Waals surface area contributed by atoms with Crippen molar-refractivity contribution in [2.75, 3.05) is 4.90 Å². The summed E-state index contributed by atoms with van der Waals surface area (Å²) in [6, 6.07) is 15.5. The fraction of sp³-hybridized carbons (Fsp3) is 0.148. The van der Waals surface area contributed by atoms with E-state index in [0.717, 1.165) is 11.3 Å². The van der Waals surface area contributed by atoms with E-state index in [1.807, 2.05) is 6.07 Å². The van der Waals surface area contributed by atoms with Crippen molar-refractivity contribution < 1.29 is 9.90 Å². The molecule has 1 unspecified atom stereocenters. The number of aliphatic hydroxyl groups excluding tert-OH is 1. The van der Waals surface area contributed by atoms with Gasteiger partial charge in [0.15, 0.2) is 5.78 Å². The Bertz CT molecular complexity index is 1400. The van der Waals surface area contributed by atoms with Crippen molar-refractivity contribution >= 4 is 57.9 Å². The third kappa shape index (κ3) is 4.25. The molecule has 1 aromatic heterocycles. The highest BCUT2D eigenvalue weighted by Crippen LogP contribution is 2.48. The first-order valence-corrected chi connectivity index (χ1v) is 12.2. The van der Waals surface area contributed by atoms with Gasteiger partial charge in [0, 0.05) is 57.8 Å². The number of allylic oxidation sites excluding steroid dienone is 2. The summed E-state index contributed by atoms with van der Waals surface area (Å²) in [6.07, 6.45) is 5.00. The second kappa shape index (κ2) is 9.50. The third-order valence-corrected chi connectivity index (χ3v) is 7.30. The van der Waals surface area contributed by atoms with Crippen LogP contribution in [0.3, 0.4) is 0 Å². The predicted octanol–water partition coefficient (Wildman–Crippen LogP) is 7.60. The lowest BCUT2D eigenvalue weighted by atomic mass is 9.74. The number of amidine groups is 1. The molecule has 0 bridgehead atoms. The number of carbonyl (C=O) groups excluding carboxylic acids is 1. The number of rotatable bonds is 3.